The lowest BCUT2D eigenvalue weighted by molar-refractivity contribution is 0.0697. The van der Waals surface area contributed by atoms with Gasteiger partial charge in [-0.15, -0.1) is 0 Å². The monoisotopic (exact) mass is 241 g/mol. The van der Waals surface area contributed by atoms with Crippen molar-refractivity contribution in [2.45, 2.75) is 32.7 Å². The Morgan fingerprint density at radius 2 is 2.00 bits per heavy atom. The summed E-state index contributed by atoms with van der Waals surface area (Å²) in [5.41, 5.74) is 0.972. The minimum Gasteiger partial charge on any atom is -0.478 e. The minimum absolute atomic E-state index is 0.209. The maximum atomic E-state index is 10.8. The molecule has 0 amide bonds. The average molecular weight is 242 g/mol. The zero-order valence-electron chi connectivity index (χ0n) is 9.46. The standard InChI is InChI=1S/C12H16ClNO2/c1-3-10(4-2)14-11-6-8(12(15)16)5-9(13)7-11/h5-7,10,14H,3-4H2,1-2H3,(H,15,16). The first-order valence-corrected chi connectivity index (χ1v) is 5.75. The Balaban J connectivity index is 2.91. The first-order chi connectivity index (χ1) is 7.56. The van der Waals surface area contributed by atoms with Crippen molar-refractivity contribution in [3.05, 3.63) is 28.8 Å². The largest absolute Gasteiger partial charge is 0.478 e. The molecule has 1 aromatic carbocycles. The van der Waals surface area contributed by atoms with Crippen LogP contribution in [0.5, 0.6) is 0 Å². The van der Waals surface area contributed by atoms with Crippen LogP contribution in [-0.4, -0.2) is 17.1 Å². The summed E-state index contributed by atoms with van der Waals surface area (Å²) in [6.07, 6.45) is 1.98. The molecule has 0 aliphatic carbocycles. The second-order valence-corrected chi connectivity index (χ2v) is 4.13. The molecule has 0 saturated carbocycles. The predicted octanol–water partition coefficient (Wildman–Crippen LogP) is 3.64. The van der Waals surface area contributed by atoms with Gasteiger partial charge in [0, 0.05) is 16.8 Å². The van der Waals surface area contributed by atoms with Gasteiger partial charge in [-0.25, -0.2) is 4.79 Å². The molecule has 16 heavy (non-hydrogen) atoms. The highest BCUT2D eigenvalue weighted by atomic mass is 35.5. The highest BCUT2D eigenvalue weighted by molar-refractivity contribution is 6.31. The third-order valence-electron chi connectivity index (χ3n) is 2.50. The molecule has 88 valence electrons. The Morgan fingerprint density at radius 1 is 1.38 bits per heavy atom. The van der Waals surface area contributed by atoms with E-state index < -0.39 is 5.97 Å². The van der Waals surface area contributed by atoms with Crippen molar-refractivity contribution >= 4 is 23.3 Å². The first-order valence-electron chi connectivity index (χ1n) is 5.37. The van der Waals surface area contributed by atoms with Crippen LogP contribution in [0, 0.1) is 0 Å². The minimum atomic E-state index is -0.963. The third-order valence-corrected chi connectivity index (χ3v) is 2.72. The number of hydrogen-bond acceptors (Lipinski definition) is 2. The van der Waals surface area contributed by atoms with Crippen LogP contribution in [0.3, 0.4) is 0 Å². The Morgan fingerprint density at radius 3 is 2.50 bits per heavy atom. The molecule has 0 aliphatic rings. The molecule has 0 radical (unpaired) electrons. The van der Waals surface area contributed by atoms with Gasteiger partial charge in [0.05, 0.1) is 5.56 Å². The van der Waals surface area contributed by atoms with Gasteiger partial charge in [-0.2, -0.15) is 0 Å². The van der Waals surface area contributed by atoms with Crippen LogP contribution in [0.25, 0.3) is 0 Å². The Labute approximate surface area is 100 Å². The molecule has 0 spiro atoms. The smallest absolute Gasteiger partial charge is 0.335 e. The molecule has 0 aromatic heterocycles. The van der Waals surface area contributed by atoms with E-state index >= 15 is 0 Å². The molecule has 1 aromatic rings. The molecule has 4 heteroatoms. The van der Waals surface area contributed by atoms with Gasteiger partial charge in [0.2, 0.25) is 0 Å². The maximum absolute atomic E-state index is 10.8. The van der Waals surface area contributed by atoms with Crippen molar-refractivity contribution in [1.29, 1.82) is 0 Å². The number of carboxylic acids is 1. The van der Waals surface area contributed by atoms with Crippen LogP contribution in [0.4, 0.5) is 5.69 Å². The van der Waals surface area contributed by atoms with Gasteiger partial charge >= 0.3 is 5.97 Å². The fraction of sp³-hybridized carbons (Fsp3) is 0.417. The number of anilines is 1. The molecule has 0 atom stereocenters. The number of aromatic carboxylic acids is 1. The zero-order valence-corrected chi connectivity index (χ0v) is 10.2. The van der Waals surface area contributed by atoms with E-state index in [4.69, 9.17) is 16.7 Å². The summed E-state index contributed by atoms with van der Waals surface area (Å²) in [5, 5.41) is 12.6. The van der Waals surface area contributed by atoms with Crippen LogP contribution in [0.2, 0.25) is 5.02 Å². The van der Waals surface area contributed by atoms with Crippen molar-refractivity contribution in [1.82, 2.24) is 0 Å². The molecule has 1 rings (SSSR count). The molecule has 0 fully saturated rings. The van der Waals surface area contributed by atoms with Gasteiger partial charge in [-0.3, -0.25) is 0 Å². The molecule has 0 bridgehead atoms. The van der Waals surface area contributed by atoms with Crippen molar-refractivity contribution in [2.75, 3.05) is 5.32 Å². The molecular weight excluding hydrogens is 226 g/mol. The van der Waals surface area contributed by atoms with Crippen molar-refractivity contribution in [3.8, 4) is 0 Å². The van der Waals surface area contributed by atoms with Crippen molar-refractivity contribution in [2.24, 2.45) is 0 Å². The van der Waals surface area contributed by atoms with Gasteiger partial charge in [-0.1, -0.05) is 25.4 Å². The van der Waals surface area contributed by atoms with Gasteiger partial charge in [0.25, 0.3) is 0 Å². The number of benzene rings is 1. The van der Waals surface area contributed by atoms with E-state index in [1.165, 1.54) is 6.07 Å². The number of hydrogen-bond donors (Lipinski definition) is 2. The van der Waals surface area contributed by atoms with E-state index in [9.17, 15) is 4.79 Å². The second kappa shape index (κ2) is 5.75. The number of rotatable bonds is 5. The Bertz CT molecular complexity index is 375. The average Bonchev–Trinajstić information content (AvgIpc) is 2.25. The number of nitrogens with one attached hydrogen (secondary N) is 1. The molecule has 0 aliphatic heterocycles. The first kappa shape index (κ1) is 12.8. The fourth-order valence-corrected chi connectivity index (χ4v) is 1.76. The summed E-state index contributed by atoms with van der Waals surface area (Å²) >= 11 is 5.86. The van der Waals surface area contributed by atoms with Crippen LogP contribution >= 0.6 is 11.6 Å². The van der Waals surface area contributed by atoms with Crippen molar-refractivity contribution in [3.63, 3.8) is 0 Å². The van der Waals surface area contributed by atoms with Gasteiger partial charge in [0.15, 0.2) is 0 Å². The molecule has 2 N–H and O–H groups in total. The lowest BCUT2D eigenvalue weighted by Crippen LogP contribution is -2.17. The van der Waals surface area contributed by atoms with Crippen LogP contribution < -0.4 is 5.32 Å². The summed E-state index contributed by atoms with van der Waals surface area (Å²) in [4.78, 5) is 10.8. The molecule has 0 unspecified atom stereocenters. The highest BCUT2D eigenvalue weighted by Gasteiger charge is 2.08. The second-order valence-electron chi connectivity index (χ2n) is 3.69. The summed E-state index contributed by atoms with van der Waals surface area (Å²) in [6, 6.07) is 5.14. The van der Waals surface area contributed by atoms with Crippen LogP contribution in [0.15, 0.2) is 18.2 Å². The van der Waals surface area contributed by atoms with Crippen LogP contribution in [0.1, 0.15) is 37.0 Å². The van der Waals surface area contributed by atoms with E-state index in [-0.39, 0.29) is 5.56 Å². The quantitative estimate of drug-likeness (QED) is 0.828. The summed E-state index contributed by atoms with van der Waals surface area (Å²) < 4.78 is 0. The predicted molar refractivity (Wildman–Crippen MR) is 66.4 cm³/mol. The number of carboxylic acid groups (broad SMARTS) is 1. The highest BCUT2D eigenvalue weighted by Crippen LogP contribution is 2.20. The summed E-state index contributed by atoms with van der Waals surface area (Å²) in [6.45, 7) is 4.17. The molecule has 3 nitrogen and oxygen atoms in total. The topological polar surface area (TPSA) is 49.3 Å². The normalized spacial score (nSPS) is 10.5. The van der Waals surface area contributed by atoms with E-state index in [0.29, 0.717) is 11.1 Å². The zero-order chi connectivity index (χ0) is 12.1. The third kappa shape index (κ3) is 3.42. The Hall–Kier alpha value is -1.22. The lowest BCUT2D eigenvalue weighted by atomic mass is 10.1. The number of carbonyl (C=O) groups is 1. The molecular formula is C12H16ClNO2. The van der Waals surface area contributed by atoms with E-state index in [2.05, 4.69) is 19.2 Å². The van der Waals surface area contributed by atoms with E-state index in [1.807, 2.05) is 0 Å². The van der Waals surface area contributed by atoms with Crippen LogP contribution in [-0.2, 0) is 0 Å². The van der Waals surface area contributed by atoms with Gasteiger partial charge < -0.3 is 10.4 Å². The summed E-state index contributed by atoms with van der Waals surface area (Å²) in [7, 11) is 0. The maximum Gasteiger partial charge on any atom is 0.335 e. The van der Waals surface area contributed by atoms with E-state index in [0.717, 1.165) is 18.5 Å². The SMILES string of the molecule is CCC(CC)Nc1cc(Cl)cc(C(=O)O)c1. The fourth-order valence-electron chi connectivity index (χ4n) is 1.52. The summed E-state index contributed by atoms with van der Waals surface area (Å²) in [5.74, 6) is -0.963. The van der Waals surface area contributed by atoms with Crippen molar-refractivity contribution < 1.29 is 9.90 Å². The van der Waals surface area contributed by atoms with Gasteiger partial charge in [0.1, 0.15) is 0 Å². The number of halogens is 1. The van der Waals surface area contributed by atoms with Gasteiger partial charge in [-0.05, 0) is 31.0 Å². The Kier molecular flexibility index (Phi) is 4.62. The molecule has 0 heterocycles. The lowest BCUT2D eigenvalue weighted by Gasteiger charge is -2.16. The van der Waals surface area contributed by atoms with E-state index in [1.54, 1.807) is 12.1 Å². The molecule has 0 saturated heterocycles.